The molecule has 3 nitrogen and oxygen atoms in total. The molecule has 0 aliphatic heterocycles. The maximum atomic E-state index is 12.0. The minimum Gasteiger partial charge on any atom is -0.434 e. The number of nitrogens with two attached hydrogens (primary N) is 1. The summed E-state index contributed by atoms with van der Waals surface area (Å²) in [5.41, 5.74) is 5.18. The number of para-hydroxylation sites is 1. The lowest BCUT2D eigenvalue weighted by atomic mass is 10.2. The first-order chi connectivity index (χ1) is 7.59. The molecule has 0 aliphatic rings. The van der Waals surface area contributed by atoms with Gasteiger partial charge in [0, 0.05) is 0 Å². The van der Waals surface area contributed by atoms with Crippen molar-refractivity contribution < 1.29 is 18.3 Å². The number of alkyl halides is 2. The minimum absolute atomic E-state index is 0.0190. The molecule has 0 saturated carbocycles. The number of primary amides is 1. The number of rotatable bonds is 3. The van der Waals surface area contributed by atoms with Crippen molar-refractivity contribution in [2.45, 2.75) is 13.0 Å². The van der Waals surface area contributed by atoms with Gasteiger partial charge in [-0.2, -0.15) is 8.78 Å². The monoisotopic (exact) mass is 225 g/mol. The minimum atomic E-state index is -2.90. The van der Waals surface area contributed by atoms with Crippen molar-refractivity contribution in [3.63, 3.8) is 0 Å². The Kier molecular flexibility index (Phi) is 4.28. The third-order valence-corrected chi connectivity index (χ3v) is 1.59. The van der Waals surface area contributed by atoms with Crippen molar-refractivity contribution in [3.8, 4) is 17.6 Å². The van der Waals surface area contributed by atoms with Crippen LogP contribution in [0.2, 0.25) is 0 Å². The van der Waals surface area contributed by atoms with Crippen LogP contribution in [-0.2, 0) is 4.79 Å². The second kappa shape index (κ2) is 5.71. The zero-order chi connectivity index (χ0) is 12.0. The third-order valence-electron chi connectivity index (χ3n) is 1.59. The fraction of sp³-hybridized carbons (Fsp3) is 0.182. The SMILES string of the molecule is NC(=O)CC#Cc1ccccc1OC(F)F. The average Bonchev–Trinajstić information content (AvgIpc) is 2.19. The highest BCUT2D eigenvalue weighted by Crippen LogP contribution is 2.18. The van der Waals surface area contributed by atoms with Gasteiger partial charge < -0.3 is 10.5 Å². The van der Waals surface area contributed by atoms with Gasteiger partial charge in [-0.15, -0.1) is 0 Å². The van der Waals surface area contributed by atoms with E-state index in [1.54, 1.807) is 12.1 Å². The van der Waals surface area contributed by atoms with Crippen LogP contribution in [0.25, 0.3) is 0 Å². The lowest BCUT2D eigenvalue weighted by Crippen LogP contribution is -2.08. The molecule has 0 aromatic heterocycles. The van der Waals surface area contributed by atoms with E-state index in [0.717, 1.165) is 0 Å². The van der Waals surface area contributed by atoms with Crippen LogP contribution < -0.4 is 10.5 Å². The normalized spacial score (nSPS) is 9.44. The Morgan fingerprint density at radius 3 is 2.75 bits per heavy atom. The Labute approximate surface area is 91.2 Å². The Hall–Kier alpha value is -2.09. The second-order valence-corrected chi connectivity index (χ2v) is 2.82. The molecule has 0 unspecified atom stereocenters. The number of ether oxygens (including phenoxy) is 1. The summed E-state index contributed by atoms with van der Waals surface area (Å²) in [6.07, 6.45) is -0.122. The van der Waals surface area contributed by atoms with Crippen LogP contribution in [0.1, 0.15) is 12.0 Å². The van der Waals surface area contributed by atoms with Gasteiger partial charge in [0.25, 0.3) is 0 Å². The summed E-state index contributed by atoms with van der Waals surface area (Å²) in [6.45, 7) is -2.90. The number of benzene rings is 1. The molecular formula is C11H9F2NO2. The van der Waals surface area contributed by atoms with Crippen LogP contribution in [-0.4, -0.2) is 12.5 Å². The lowest BCUT2D eigenvalue weighted by Gasteiger charge is -2.05. The molecular weight excluding hydrogens is 216 g/mol. The number of carbonyl (C=O) groups excluding carboxylic acids is 1. The lowest BCUT2D eigenvalue weighted by molar-refractivity contribution is -0.117. The van der Waals surface area contributed by atoms with Crippen molar-refractivity contribution in [1.29, 1.82) is 0 Å². The molecule has 0 atom stereocenters. The van der Waals surface area contributed by atoms with Crippen LogP contribution in [0.5, 0.6) is 5.75 Å². The molecule has 0 radical (unpaired) electrons. The number of carbonyl (C=O) groups is 1. The van der Waals surface area contributed by atoms with Gasteiger partial charge >= 0.3 is 6.61 Å². The van der Waals surface area contributed by atoms with Gasteiger partial charge in [-0.05, 0) is 12.1 Å². The molecule has 0 fully saturated rings. The summed E-state index contributed by atoms with van der Waals surface area (Å²) in [6, 6.07) is 6.08. The van der Waals surface area contributed by atoms with Crippen LogP contribution in [0.4, 0.5) is 8.78 Å². The highest BCUT2D eigenvalue weighted by atomic mass is 19.3. The molecule has 0 saturated heterocycles. The summed E-state index contributed by atoms with van der Waals surface area (Å²) in [4.78, 5) is 10.4. The van der Waals surface area contributed by atoms with E-state index < -0.39 is 12.5 Å². The van der Waals surface area contributed by atoms with E-state index in [9.17, 15) is 13.6 Å². The number of halogens is 2. The number of hydrogen-bond donors (Lipinski definition) is 1. The standard InChI is InChI=1S/C11H9F2NO2/c12-11(13)16-9-6-2-1-4-8(9)5-3-7-10(14)15/h1-2,4,6,11H,7H2,(H2,14,15). The maximum Gasteiger partial charge on any atom is 0.387 e. The van der Waals surface area contributed by atoms with Crippen LogP contribution in [0, 0.1) is 11.8 Å². The zero-order valence-electron chi connectivity index (χ0n) is 8.24. The van der Waals surface area contributed by atoms with Crippen molar-refractivity contribution in [2.75, 3.05) is 0 Å². The van der Waals surface area contributed by atoms with Gasteiger partial charge in [-0.25, -0.2) is 0 Å². The van der Waals surface area contributed by atoms with Crippen molar-refractivity contribution in [2.24, 2.45) is 5.73 Å². The van der Waals surface area contributed by atoms with Gasteiger partial charge in [0.2, 0.25) is 5.91 Å². The van der Waals surface area contributed by atoms with E-state index in [-0.39, 0.29) is 12.2 Å². The second-order valence-electron chi connectivity index (χ2n) is 2.82. The van der Waals surface area contributed by atoms with Crippen LogP contribution in [0.15, 0.2) is 24.3 Å². The van der Waals surface area contributed by atoms with E-state index in [1.165, 1.54) is 12.1 Å². The van der Waals surface area contributed by atoms with E-state index >= 15 is 0 Å². The molecule has 1 aromatic rings. The molecule has 0 spiro atoms. The Morgan fingerprint density at radius 2 is 2.12 bits per heavy atom. The largest absolute Gasteiger partial charge is 0.434 e. The highest BCUT2D eigenvalue weighted by molar-refractivity contribution is 5.76. The fourth-order valence-corrected chi connectivity index (χ4v) is 0.995. The first kappa shape index (κ1) is 12.0. The van der Waals surface area contributed by atoms with Crippen LogP contribution in [0.3, 0.4) is 0 Å². The van der Waals surface area contributed by atoms with Gasteiger partial charge in [-0.1, -0.05) is 24.0 Å². The number of amides is 1. The molecule has 1 amide bonds. The van der Waals surface area contributed by atoms with Gasteiger partial charge in [0.15, 0.2) is 0 Å². The summed E-state index contributed by atoms with van der Waals surface area (Å²) in [5.74, 6) is 4.42. The molecule has 0 heterocycles. The Bertz CT molecular complexity index is 435. The predicted molar refractivity (Wildman–Crippen MR) is 53.8 cm³/mol. The summed E-state index contributed by atoms with van der Waals surface area (Å²) in [5, 5.41) is 0. The predicted octanol–water partition coefficient (Wildman–Crippen LogP) is 1.51. The molecule has 5 heteroatoms. The van der Waals surface area contributed by atoms with E-state index in [4.69, 9.17) is 5.73 Å². The van der Waals surface area contributed by atoms with Gasteiger partial charge in [-0.3, -0.25) is 4.79 Å². The Balaban J connectivity index is 2.84. The molecule has 0 bridgehead atoms. The quantitative estimate of drug-likeness (QED) is 0.793. The molecule has 1 rings (SSSR count). The smallest absolute Gasteiger partial charge is 0.387 e. The maximum absolute atomic E-state index is 12.0. The van der Waals surface area contributed by atoms with Gasteiger partial charge in [0.05, 0.1) is 12.0 Å². The molecule has 84 valence electrons. The molecule has 1 aromatic carbocycles. The van der Waals surface area contributed by atoms with Gasteiger partial charge in [0.1, 0.15) is 5.75 Å². The van der Waals surface area contributed by atoms with Crippen molar-refractivity contribution in [1.82, 2.24) is 0 Å². The average molecular weight is 225 g/mol. The zero-order valence-corrected chi connectivity index (χ0v) is 8.24. The van der Waals surface area contributed by atoms with E-state index in [1.807, 2.05) is 0 Å². The summed E-state index contributed by atoms with van der Waals surface area (Å²) < 4.78 is 28.3. The fourth-order valence-electron chi connectivity index (χ4n) is 0.995. The molecule has 16 heavy (non-hydrogen) atoms. The van der Waals surface area contributed by atoms with Crippen molar-refractivity contribution >= 4 is 5.91 Å². The molecule has 0 aliphatic carbocycles. The van der Waals surface area contributed by atoms with Crippen molar-refractivity contribution in [3.05, 3.63) is 29.8 Å². The van der Waals surface area contributed by atoms with E-state index in [2.05, 4.69) is 16.6 Å². The highest BCUT2D eigenvalue weighted by Gasteiger charge is 2.06. The first-order valence-corrected chi connectivity index (χ1v) is 4.40. The summed E-state index contributed by atoms with van der Waals surface area (Å²) in [7, 11) is 0. The molecule has 2 N–H and O–H groups in total. The number of hydrogen-bond acceptors (Lipinski definition) is 2. The Morgan fingerprint density at radius 1 is 1.44 bits per heavy atom. The first-order valence-electron chi connectivity index (χ1n) is 4.40. The van der Waals surface area contributed by atoms with E-state index in [0.29, 0.717) is 5.56 Å². The topological polar surface area (TPSA) is 52.3 Å². The third kappa shape index (κ3) is 3.96. The summed E-state index contributed by atoms with van der Waals surface area (Å²) >= 11 is 0. The van der Waals surface area contributed by atoms with Crippen LogP contribution >= 0.6 is 0 Å².